The predicted octanol–water partition coefficient (Wildman–Crippen LogP) is 12.8. The van der Waals surface area contributed by atoms with Crippen molar-refractivity contribution in [3.05, 3.63) is 124 Å². The molecule has 2 nitrogen and oxygen atoms in total. The van der Waals surface area contributed by atoms with E-state index in [9.17, 15) is 0 Å². The smallest absolute Gasteiger partial charge is 0.122 e. The summed E-state index contributed by atoms with van der Waals surface area (Å²) in [7, 11) is -2.40. The zero-order valence-electron chi connectivity index (χ0n) is 33.8. The normalized spacial score (nSPS) is 14.9. The first-order chi connectivity index (χ1) is 23.9. The van der Waals surface area contributed by atoms with Gasteiger partial charge in [-0.1, -0.05) is 161 Å². The summed E-state index contributed by atoms with van der Waals surface area (Å²) >= 11 is 0. The second-order valence-corrected chi connectivity index (χ2v) is 23.2. The van der Waals surface area contributed by atoms with Crippen LogP contribution in [0.3, 0.4) is 0 Å². The molecule has 268 valence electrons. The van der Waals surface area contributed by atoms with Crippen LogP contribution in [0.15, 0.2) is 85.5 Å². The Morgan fingerprint density at radius 2 is 1.37 bits per heavy atom. The van der Waals surface area contributed by atoms with Crippen LogP contribution in [0.4, 0.5) is 0 Å². The highest BCUT2D eigenvalue weighted by molar-refractivity contribution is 6.94. The fraction of sp³-hybridized carbons (Fsp3) is 0.417. The lowest BCUT2D eigenvalue weighted by molar-refractivity contribution is 0.353. The molecule has 1 aliphatic rings. The molecule has 0 saturated heterocycles. The lowest BCUT2D eigenvalue weighted by atomic mass is 9.80. The Labute approximate surface area is 310 Å². The van der Waals surface area contributed by atoms with Gasteiger partial charge >= 0.3 is 0 Å². The highest BCUT2D eigenvalue weighted by Gasteiger charge is 2.50. The molecule has 0 amide bonds. The first kappa shape index (κ1) is 37.0. The van der Waals surface area contributed by atoms with E-state index in [4.69, 9.17) is 4.74 Å². The van der Waals surface area contributed by atoms with Crippen molar-refractivity contribution >= 4 is 24.2 Å². The van der Waals surface area contributed by atoms with Gasteiger partial charge in [0.05, 0.1) is 11.2 Å². The summed E-state index contributed by atoms with van der Waals surface area (Å²) in [4.78, 5) is 0. The summed E-state index contributed by atoms with van der Waals surface area (Å²) in [5.41, 5.74) is 15.2. The van der Waals surface area contributed by atoms with E-state index in [1.54, 1.807) is 0 Å². The minimum absolute atomic E-state index is 0.0173. The van der Waals surface area contributed by atoms with Gasteiger partial charge in [0.25, 0.3) is 0 Å². The van der Waals surface area contributed by atoms with Crippen LogP contribution in [0.25, 0.3) is 27.8 Å². The number of fused-ring (bicyclic) bond motifs is 5. The Hall–Kier alpha value is -3.82. The van der Waals surface area contributed by atoms with Crippen molar-refractivity contribution in [3.8, 4) is 22.7 Å². The lowest BCUT2D eigenvalue weighted by Crippen LogP contribution is -2.53. The molecule has 0 bridgehead atoms. The van der Waals surface area contributed by atoms with Gasteiger partial charge in [-0.15, -0.1) is 0 Å². The standard InChI is InChI=1S/C48H61NOSi/c1-15-24-50-44-39(48(12,13)14)26-32(5)27-41(44)51(16-2,17-3)45-37-21-19-18-20-36(37)43-42(45)38-25-31(4)22-23-40(38)49(43)35-29-33(46(6,7)8)28-34(30-35)47(9,10)11/h15,18-23,25-30,45H,1,16-17,24H2,2-14H3. The van der Waals surface area contributed by atoms with Crippen LogP contribution in [0, 0.1) is 13.8 Å². The van der Waals surface area contributed by atoms with Gasteiger partial charge in [0.15, 0.2) is 0 Å². The molecule has 1 unspecified atom stereocenters. The zero-order chi connectivity index (χ0) is 37.3. The van der Waals surface area contributed by atoms with Crippen molar-refractivity contribution in [1.82, 2.24) is 4.57 Å². The largest absolute Gasteiger partial charge is 0.489 e. The van der Waals surface area contributed by atoms with Crippen molar-refractivity contribution < 1.29 is 4.74 Å². The minimum atomic E-state index is -2.40. The van der Waals surface area contributed by atoms with Gasteiger partial charge in [0.2, 0.25) is 0 Å². The third-order valence-corrected chi connectivity index (χ3v) is 17.3. The second-order valence-electron chi connectivity index (χ2n) is 18.3. The fourth-order valence-corrected chi connectivity index (χ4v) is 14.0. The fourth-order valence-electron chi connectivity index (χ4n) is 8.75. The maximum atomic E-state index is 6.83. The van der Waals surface area contributed by atoms with Crippen molar-refractivity contribution in [1.29, 1.82) is 0 Å². The van der Waals surface area contributed by atoms with Crippen LogP contribution in [0.2, 0.25) is 12.1 Å². The Morgan fingerprint density at radius 3 is 1.94 bits per heavy atom. The molecule has 1 atom stereocenters. The van der Waals surface area contributed by atoms with Gasteiger partial charge in [-0.25, -0.2) is 0 Å². The molecule has 1 aromatic heterocycles. The topological polar surface area (TPSA) is 14.2 Å². The summed E-state index contributed by atoms with van der Waals surface area (Å²) < 4.78 is 9.46. The van der Waals surface area contributed by atoms with E-state index in [2.05, 4.69) is 174 Å². The van der Waals surface area contributed by atoms with Crippen LogP contribution in [-0.4, -0.2) is 19.2 Å². The molecule has 6 rings (SSSR count). The monoisotopic (exact) mass is 695 g/mol. The molecule has 4 aromatic carbocycles. The number of aromatic nitrogens is 1. The van der Waals surface area contributed by atoms with Gasteiger partial charge in [-0.3, -0.25) is 0 Å². The molecule has 0 aliphatic heterocycles. The summed E-state index contributed by atoms with van der Waals surface area (Å²) in [6.07, 6.45) is 1.90. The van der Waals surface area contributed by atoms with Gasteiger partial charge in [0, 0.05) is 22.2 Å². The average molecular weight is 696 g/mol. The number of ether oxygens (including phenoxy) is 1. The molecule has 0 fully saturated rings. The van der Waals surface area contributed by atoms with E-state index in [-0.39, 0.29) is 21.8 Å². The number of aryl methyl sites for hydroxylation is 2. The van der Waals surface area contributed by atoms with Crippen LogP contribution in [-0.2, 0) is 16.2 Å². The Balaban J connectivity index is 1.78. The van der Waals surface area contributed by atoms with E-state index in [1.165, 1.54) is 72.0 Å². The lowest BCUT2D eigenvalue weighted by Gasteiger charge is -2.40. The molecule has 1 aliphatic carbocycles. The van der Waals surface area contributed by atoms with Crippen molar-refractivity contribution in [2.45, 2.75) is 124 Å². The average Bonchev–Trinajstić information content (AvgIpc) is 3.56. The van der Waals surface area contributed by atoms with E-state index in [0.29, 0.717) is 6.61 Å². The van der Waals surface area contributed by atoms with Crippen LogP contribution in [0.5, 0.6) is 5.75 Å². The van der Waals surface area contributed by atoms with Gasteiger partial charge < -0.3 is 9.30 Å². The van der Waals surface area contributed by atoms with E-state index in [0.717, 1.165) is 17.8 Å². The summed E-state index contributed by atoms with van der Waals surface area (Å²) in [6, 6.07) is 31.0. The molecule has 5 aromatic rings. The summed E-state index contributed by atoms with van der Waals surface area (Å²) in [5, 5.41) is 2.85. The first-order valence-electron chi connectivity index (χ1n) is 19.2. The zero-order valence-corrected chi connectivity index (χ0v) is 34.8. The Kier molecular flexibility index (Phi) is 9.41. The number of benzene rings is 4. The van der Waals surface area contributed by atoms with Crippen LogP contribution >= 0.6 is 0 Å². The number of hydrogen-bond acceptors (Lipinski definition) is 1. The number of hydrogen-bond donors (Lipinski definition) is 0. The minimum Gasteiger partial charge on any atom is -0.489 e. The van der Waals surface area contributed by atoms with E-state index in [1.807, 2.05) is 6.08 Å². The van der Waals surface area contributed by atoms with Crippen LogP contribution < -0.4 is 9.92 Å². The van der Waals surface area contributed by atoms with E-state index >= 15 is 0 Å². The molecule has 0 saturated carbocycles. The molecule has 1 heterocycles. The van der Waals surface area contributed by atoms with Gasteiger partial charge in [-0.2, -0.15) is 0 Å². The quantitative estimate of drug-likeness (QED) is 0.116. The van der Waals surface area contributed by atoms with Crippen molar-refractivity contribution in [2.75, 3.05) is 6.61 Å². The molecular weight excluding hydrogens is 635 g/mol. The Bertz CT molecular complexity index is 2090. The van der Waals surface area contributed by atoms with Crippen molar-refractivity contribution in [3.63, 3.8) is 0 Å². The molecule has 0 radical (unpaired) electrons. The second kappa shape index (κ2) is 13.0. The number of nitrogens with zero attached hydrogens (tertiary/aromatic N) is 1. The maximum Gasteiger partial charge on any atom is 0.122 e. The van der Waals surface area contributed by atoms with Gasteiger partial charge in [-0.05, 0) is 87.4 Å². The molecule has 3 heteroatoms. The first-order valence-corrected chi connectivity index (χ1v) is 21.7. The summed E-state index contributed by atoms with van der Waals surface area (Å²) in [6.45, 7) is 35.0. The maximum absolute atomic E-state index is 6.83. The van der Waals surface area contributed by atoms with Crippen LogP contribution in [0.1, 0.15) is 121 Å². The molecule has 0 N–H and O–H groups in total. The third-order valence-electron chi connectivity index (χ3n) is 11.6. The molecule has 0 spiro atoms. The summed E-state index contributed by atoms with van der Waals surface area (Å²) in [5.74, 6) is 1.10. The SMILES string of the molecule is C=CCOc1c(C(C)(C)C)cc(C)cc1[Si](CC)(CC)C1c2ccccc2-c2c1c1cc(C)ccc1n2-c1cc(C(C)(C)C)cc(C(C)(C)C)c1. The third kappa shape index (κ3) is 6.24. The molecular formula is C48H61NOSi. The highest BCUT2D eigenvalue weighted by atomic mass is 28.3. The predicted molar refractivity (Wildman–Crippen MR) is 225 cm³/mol. The molecule has 51 heavy (non-hydrogen) atoms. The number of rotatable bonds is 8. The Morgan fingerprint density at radius 1 is 0.745 bits per heavy atom. The van der Waals surface area contributed by atoms with Gasteiger partial charge in [0.1, 0.15) is 20.4 Å². The van der Waals surface area contributed by atoms with E-state index < -0.39 is 8.07 Å². The van der Waals surface area contributed by atoms with Crippen molar-refractivity contribution in [2.24, 2.45) is 0 Å². The highest BCUT2D eigenvalue weighted by Crippen LogP contribution is 2.56.